The Bertz CT molecular complexity index is 733. The number of hydrogen-bond donors (Lipinski definition) is 1. The maximum atomic E-state index is 12.1. The third kappa shape index (κ3) is 2.18. The number of nitrogens with one attached hydrogen (secondary N) is 1. The monoisotopic (exact) mass is 248 g/mol. The lowest BCUT2D eigenvalue weighted by molar-refractivity contribution is 1.13. The zero-order valence-electron chi connectivity index (χ0n) is 10.2. The van der Waals surface area contributed by atoms with Gasteiger partial charge in [-0.2, -0.15) is 0 Å². The fourth-order valence-electron chi connectivity index (χ4n) is 2.09. The molecule has 3 aromatic rings. The van der Waals surface area contributed by atoms with E-state index in [2.05, 4.69) is 9.97 Å². The second-order valence-electron chi connectivity index (χ2n) is 4.19. The first-order chi connectivity index (χ1) is 9.36. The van der Waals surface area contributed by atoms with Crippen LogP contribution in [0.25, 0.3) is 22.4 Å². The van der Waals surface area contributed by atoms with E-state index in [1.807, 2.05) is 60.7 Å². The lowest BCUT2D eigenvalue weighted by Gasteiger charge is -2.07. The summed E-state index contributed by atoms with van der Waals surface area (Å²) in [6.07, 6.45) is 1.44. The SMILES string of the molecule is O=c1[nH]cnc(-c2ccccc2)c1-c1ccccc1. The molecule has 3 heteroatoms. The van der Waals surface area contributed by atoms with E-state index in [9.17, 15) is 4.79 Å². The first-order valence-corrected chi connectivity index (χ1v) is 6.05. The molecule has 1 N–H and O–H groups in total. The summed E-state index contributed by atoms with van der Waals surface area (Å²) in [7, 11) is 0. The molecule has 1 aromatic heterocycles. The van der Waals surface area contributed by atoms with E-state index >= 15 is 0 Å². The second-order valence-corrected chi connectivity index (χ2v) is 4.19. The smallest absolute Gasteiger partial charge is 0.259 e. The first kappa shape index (κ1) is 11.4. The van der Waals surface area contributed by atoms with Crippen molar-refractivity contribution in [3.05, 3.63) is 77.3 Å². The van der Waals surface area contributed by atoms with Crippen LogP contribution in [0.15, 0.2) is 71.8 Å². The van der Waals surface area contributed by atoms with Crippen molar-refractivity contribution in [2.75, 3.05) is 0 Å². The summed E-state index contributed by atoms with van der Waals surface area (Å²) in [6, 6.07) is 19.3. The highest BCUT2D eigenvalue weighted by Crippen LogP contribution is 2.26. The number of benzene rings is 2. The van der Waals surface area contributed by atoms with Gasteiger partial charge in [-0.05, 0) is 5.56 Å². The molecule has 0 amide bonds. The third-order valence-electron chi connectivity index (χ3n) is 2.96. The predicted molar refractivity (Wildman–Crippen MR) is 75.7 cm³/mol. The van der Waals surface area contributed by atoms with Crippen molar-refractivity contribution in [2.24, 2.45) is 0 Å². The van der Waals surface area contributed by atoms with Crippen molar-refractivity contribution >= 4 is 0 Å². The molecule has 2 aromatic carbocycles. The van der Waals surface area contributed by atoms with E-state index in [-0.39, 0.29) is 5.56 Å². The minimum Gasteiger partial charge on any atom is -0.313 e. The zero-order valence-corrected chi connectivity index (χ0v) is 10.2. The van der Waals surface area contributed by atoms with Crippen LogP contribution in [0, 0.1) is 0 Å². The molecule has 3 nitrogen and oxygen atoms in total. The number of aromatic nitrogens is 2. The van der Waals surface area contributed by atoms with E-state index in [0.717, 1.165) is 11.1 Å². The Hall–Kier alpha value is -2.68. The Kier molecular flexibility index (Phi) is 2.94. The summed E-state index contributed by atoms with van der Waals surface area (Å²) in [5, 5.41) is 0. The van der Waals surface area contributed by atoms with Gasteiger partial charge in [0.1, 0.15) is 0 Å². The highest BCUT2D eigenvalue weighted by Gasteiger charge is 2.12. The Labute approximate surface area is 110 Å². The molecule has 92 valence electrons. The van der Waals surface area contributed by atoms with Crippen molar-refractivity contribution in [3.8, 4) is 22.4 Å². The average molecular weight is 248 g/mol. The topological polar surface area (TPSA) is 45.8 Å². The van der Waals surface area contributed by atoms with E-state index in [4.69, 9.17) is 0 Å². The van der Waals surface area contributed by atoms with Gasteiger partial charge in [0.15, 0.2) is 0 Å². The van der Waals surface area contributed by atoms with Crippen LogP contribution in [-0.4, -0.2) is 9.97 Å². The number of nitrogens with zero attached hydrogens (tertiary/aromatic N) is 1. The Morgan fingerprint density at radius 3 is 2.00 bits per heavy atom. The average Bonchev–Trinajstić information content (AvgIpc) is 2.49. The quantitative estimate of drug-likeness (QED) is 0.757. The molecule has 0 radical (unpaired) electrons. The van der Waals surface area contributed by atoms with Crippen molar-refractivity contribution in [2.45, 2.75) is 0 Å². The van der Waals surface area contributed by atoms with Crippen molar-refractivity contribution < 1.29 is 0 Å². The van der Waals surface area contributed by atoms with Gasteiger partial charge >= 0.3 is 0 Å². The van der Waals surface area contributed by atoms with Gasteiger partial charge in [0.05, 0.1) is 17.6 Å². The van der Waals surface area contributed by atoms with Crippen LogP contribution in [0.4, 0.5) is 0 Å². The Balaban J connectivity index is 2.28. The molecule has 19 heavy (non-hydrogen) atoms. The van der Waals surface area contributed by atoms with Gasteiger partial charge in [-0.25, -0.2) is 4.98 Å². The highest BCUT2D eigenvalue weighted by molar-refractivity contribution is 5.79. The predicted octanol–water partition coefficient (Wildman–Crippen LogP) is 3.10. The summed E-state index contributed by atoms with van der Waals surface area (Å²) in [6.45, 7) is 0. The van der Waals surface area contributed by atoms with Gasteiger partial charge in [0, 0.05) is 5.56 Å². The van der Waals surface area contributed by atoms with Crippen LogP contribution in [0.1, 0.15) is 0 Å². The van der Waals surface area contributed by atoms with Gasteiger partial charge in [0.2, 0.25) is 0 Å². The first-order valence-electron chi connectivity index (χ1n) is 6.05. The van der Waals surface area contributed by atoms with Gasteiger partial charge < -0.3 is 4.98 Å². The van der Waals surface area contributed by atoms with Crippen molar-refractivity contribution in [3.63, 3.8) is 0 Å². The summed E-state index contributed by atoms with van der Waals surface area (Å²) in [5.74, 6) is 0. The molecular formula is C16H12N2O. The number of rotatable bonds is 2. The van der Waals surface area contributed by atoms with Crippen LogP contribution in [0.2, 0.25) is 0 Å². The van der Waals surface area contributed by atoms with Crippen molar-refractivity contribution in [1.29, 1.82) is 0 Å². The lowest BCUT2D eigenvalue weighted by atomic mass is 10.0. The molecular weight excluding hydrogens is 236 g/mol. The molecule has 1 heterocycles. The van der Waals surface area contributed by atoms with Crippen LogP contribution >= 0.6 is 0 Å². The lowest BCUT2D eigenvalue weighted by Crippen LogP contribution is -2.11. The summed E-state index contributed by atoms with van der Waals surface area (Å²) in [5.41, 5.74) is 2.99. The van der Waals surface area contributed by atoms with E-state index < -0.39 is 0 Å². The number of hydrogen-bond acceptors (Lipinski definition) is 2. The fraction of sp³-hybridized carbons (Fsp3) is 0. The van der Waals surface area contributed by atoms with Crippen LogP contribution < -0.4 is 5.56 Å². The molecule has 0 fully saturated rings. The molecule has 0 atom stereocenters. The van der Waals surface area contributed by atoms with Gasteiger partial charge in [-0.3, -0.25) is 4.79 Å². The minimum atomic E-state index is -0.125. The fourth-order valence-corrected chi connectivity index (χ4v) is 2.09. The second kappa shape index (κ2) is 4.90. The third-order valence-corrected chi connectivity index (χ3v) is 2.96. The van der Waals surface area contributed by atoms with Crippen molar-refractivity contribution in [1.82, 2.24) is 9.97 Å². The van der Waals surface area contributed by atoms with E-state index in [1.165, 1.54) is 6.33 Å². The largest absolute Gasteiger partial charge is 0.313 e. The highest BCUT2D eigenvalue weighted by atomic mass is 16.1. The van der Waals surface area contributed by atoms with Crippen LogP contribution in [-0.2, 0) is 0 Å². The number of H-pyrrole nitrogens is 1. The number of aromatic amines is 1. The standard InChI is InChI=1S/C16H12N2O/c19-16-14(12-7-3-1-4-8-12)15(17-11-18-16)13-9-5-2-6-10-13/h1-11H,(H,17,18,19). The summed E-state index contributed by atoms with van der Waals surface area (Å²) >= 11 is 0. The van der Waals surface area contributed by atoms with Gasteiger partial charge in [-0.15, -0.1) is 0 Å². The molecule has 3 rings (SSSR count). The Morgan fingerprint density at radius 2 is 1.37 bits per heavy atom. The van der Waals surface area contributed by atoms with Gasteiger partial charge in [0.25, 0.3) is 5.56 Å². The molecule has 0 unspecified atom stereocenters. The molecule has 0 spiro atoms. The molecule has 0 aliphatic heterocycles. The summed E-state index contributed by atoms with van der Waals surface area (Å²) in [4.78, 5) is 19.1. The summed E-state index contributed by atoms with van der Waals surface area (Å²) < 4.78 is 0. The maximum Gasteiger partial charge on any atom is 0.259 e. The molecule has 0 bridgehead atoms. The van der Waals surface area contributed by atoms with Crippen LogP contribution in [0.3, 0.4) is 0 Å². The van der Waals surface area contributed by atoms with E-state index in [1.54, 1.807) is 0 Å². The molecule has 0 saturated heterocycles. The van der Waals surface area contributed by atoms with E-state index in [0.29, 0.717) is 11.3 Å². The molecule has 0 saturated carbocycles. The van der Waals surface area contributed by atoms with Crippen LogP contribution in [0.5, 0.6) is 0 Å². The minimum absolute atomic E-state index is 0.125. The normalized spacial score (nSPS) is 10.3. The molecule has 0 aliphatic carbocycles. The maximum absolute atomic E-state index is 12.1. The zero-order chi connectivity index (χ0) is 13.1. The van der Waals surface area contributed by atoms with Gasteiger partial charge in [-0.1, -0.05) is 60.7 Å². The molecule has 0 aliphatic rings. The Morgan fingerprint density at radius 1 is 0.789 bits per heavy atom.